The fourth-order valence-electron chi connectivity index (χ4n) is 19.5. The van der Waals surface area contributed by atoms with Crippen LogP contribution in [0.2, 0.25) is 0 Å². The molecule has 0 aliphatic heterocycles. The molecule has 3 unspecified atom stereocenters. The average Bonchev–Trinajstić information content (AvgIpc) is 1.56. The Hall–Kier alpha value is -14.6. The maximum Gasteiger partial charge on any atom is 0.149 e. The first-order valence-corrected chi connectivity index (χ1v) is 39.5. The maximum atomic E-state index is 6.15. The van der Waals surface area contributed by atoms with Gasteiger partial charge in [0.2, 0.25) is 0 Å². The topological polar surface area (TPSA) is 30.9 Å². The molecule has 0 spiro atoms. The fraction of sp³-hybridized carbons (Fsp3) is 0.0811. The van der Waals surface area contributed by atoms with Crippen LogP contribution in [-0.2, 0) is 16.2 Å². The zero-order chi connectivity index (χ0) is 76.8. The van der Waals surface area contributed by atoms with Gasteiger partial charge in [-0.05, 0) is 313 Å². The molecule has 0 N–H and O–H groups in total. The molecule has 4 heteroatoms. The summed E-state index contributed by atoms with van der Waals surface area (Å²) >= 11 is 0. The summed E-state index contributed by atoms with van der Waals surface area (Å²) in [5.74, 6) is 20.5. The van der Waals surface area contributed by atoms with Crippen molar-refractivity contribution >= 4 is 81.7 Å². The molecule has 4 nitrogen and oxygen atoms in total. The Morgan fingerprint density at radius 2 is 0.443 bits per heavy atom. The molecule has 3 atom stereocenters. The van der Waals surface area contributed by atoms with Crippen LogP contribution in [0.25, 0.3) is 98.0 Å². The van der Waals surface area contributed by atoms with Gasteiger partial charge in [0.25, 0.3) is 0 Å². The molecule has 18 aromatic carbocycles. The smallest absolute Gasteiger partial charge is 0.149 e. The SMILES string of the molecule is CC#CCOc1ccc2cc(C3(c4ccc(N(c5ccc(C6(c7ccc8cc(OCC#CC)ccc8c7)c7ccccc7-c7cc8ccccc8cc76)cc5)c5ccc(C6(c7ccc8cc(OCC#CC)ccc8c7)c7ccccc7-c7cc8ccccc8cc76)cc5)cc4)c4ccccc4-c4cc5ccccc5cc43)ccc2c1. The van der Waals surface area contributed by atoms with E-state index in [0.717, 1.165) is 83.3 Å². The number of ether oxygens (including phenoxy) is 3. The van der Waals surface area contributed by atoms with E-state index in [0.29, 0.717) is 19.8 Å². The molecule has 18 aromatic rings. The van der Waals surface area contributed by atoms with Crippen LogP contribution >= 0.6 is 0 Å². The average molecular weight is 1470 g/mol. The minimum absolute atomic E-state index is 0.334. The zero-order valence-electron chi connectivity index (χ0n) is 63.9. The number of rotatable bonds is 15. The summed E-state index contributed by atoms with van der Waals surface area (Å²) < 4.78 is 18.4. The van der Waals surface area contributed by atoms with Gasteiger partial charge in [0.15, 0.2) is 0 Å². The highest BCUT2D eigenvalue weighted by molar-refractivity contribution is 6.01. The number of nitrogens with zero attached hydrogens (tertiary/aromatic N) is 1. The van der Waals surface area contributed by atoms with Crippen molar-refractivity contribution in [2.75, 3.05) is 24.7 Å². The number of benzene rings is 18. The molecular weight excluding hydrogens is 1400 g/mol. The summed E-state index contributed by atoms with van der Waals surface area (Å²) in [5.41, 5.74) is 22.8. The second kappa shape index (κ2) is 27.7. The molecule has 0 heterocycles. The molecule has 0 saturated carbocycles. The van der Waals surface area contributed by atoms with Crippen molar-refractivity contribution in [2.45, 2.75) is 37.0 Å². The number of hydrogen-bond donors (Lipinski definition) is 0. The van der Waals surface area contributed by atoms with Crippen LogP contribution in [0.4, 0.5) is 17.1 Å². The van der Waals surface area contributed by atoms with E-state index in [4.69, 9.17) is 14.2 Å². The normalized spacial score (nSPS) is 15.8. The van der Waals surface area contributed by atoms with Crippen LogP contribution < -0.4 is 19.1 Å². The first-order chi connectivity index (χ1) is 56.8. The number of anilines is 3. The third kappa shape index (κ3) is 10.9. The predicted molar refractivity (Wildman–Crippen MR) is 475 cm³/mol. The van der Waals surface area contributed by atoms with Crippen LogP contribution in [0.5, 0.6) is 17.2 Å². The molecule has 115 heavy (non-hydrogen) atoms. The number of fused-ring (bicyclic) bond motifs is 15. The lowest BCUT2D eigenvalue weighted by Crippen LogP contribution is -2.29. The van der Waals surface area contributed by atoms with Crippen molar-refractivity contribution in [3.63, 3.8) is 0 Å². The van der Waals surface area contributed by atoms with Crippen molar-refractivity contribution < 1.29 is 14.2 Å². The third-order valence-corrected chi connectivity index (χ3v) is 24.6. The third-order valence-electron chi connectivity index (χ3n) is 24.6. The summed E-state index contributed by atoms with van der Waals surface area (Å²) in [6.45, 7) is 6.53. The summed E-state index contributed by atoms with van der Waals surface area (Å²) in [6.07, 6.45) is 0. The highest BCUT2D eigenvalue weighted by atomic mass is 16.5. The maximum absolute atomic E-state index is 6.15. The summed E-state index contributed by atoms with van der Waals surface area (Å²) in [6, 6.07) is 137. The van der Waals surface area contributed by atoms with Crippen LogP contribution in [0.15, 0.2) is 364 Å². The Balaban J connectivity index is 0.773. The fourth-order valence-corrected chi connectivity index (χ4v) is 19.5. The van der Waals surface area contributed by atoms with Gasteiger partial charge in [-0.1, -0.05) is 254 Å². The first kappa shape index (κ1) is 68.4. The van der Waals surface area contributed by atoms with E-state index in [9.17, 15) is 0 Å². The molecule has 0 aromatic heterocycles. The van der Waals surface area contributed by atoms with Crippen molar-refractivity contribution in [1.82, 2.24) is 0 Å². The van der Waals surface area contributed by atoms with Crippen LogP contribution in [-0.4, -0.2) is 19.8 Å². The number of hydrogen-bond acceptors (Lipinski definition) is 4. The summed E-state index contributed by atoms with van der Waals surface area (Å²) in [4.78, 5) is 2.47. The van der Waals surface area contributed by atoms with E-state index in [-0.39, 0.29) is 0 Å². The molecule has 0 amide bonds. The van der Waals surface area contributed by atoms with Crippen LogP contribution in [0.3, 0.4) is 0 Å². The minimum atomic E-state index is -0.727. The lowest BCUT2D eigenvalue weighted by Gasteiger charge is -2.36. The van der Waals surface area contributed by atoms with Gasteiger partial charge in [-0.25, -0.2) is 0 Å². The van der Waals surface area contributed by atoms with Crippen molar-refractivity contribution in [1.29, 1.82) is 0 Å². The Bertz CT molecular complexity index is 6550. The lowest BCUT2D eigenvalue weighted by atomic mass is 9.67. The second-order valence-corrected chi connectivity index (χ2v) is 30.4. The Kier molecular flexibility index (Phi) is 16.5. The quantitative estimate of drug-likeness (QED) is 0.0957. The zero-order valence-corrected chi connectivity index (χ0v) is 63.9. The molecule has 3 aliphatic carbocycles. The van der Waals surface area contributed by atoms with E-state index in [1.807, 2.05) is 20.8 Å². The van der Waals surface area contributed by atoms with Gasteiger partial charge in [0, 0.05) is 17.1 Å². The highest BCUT2D eigenvalue weighted by Gasteiger charge is 2.50. The first-order valence-electron chi connectivity index (χ1n) is 39.5. The van der Waals surface area contributed by atoms with Gasteiger partial charge >= 0.3 is 0 Å². The van der Waals surface area contributed by atoms with Gasteiger partial charge in [-0.15, -0.1) is 17.8 Å². The minimum Gasteiger partial charge on any atom is -0.481 e. The summed E-state index contributed by atoms with van der Waals surface area (Å²) in [7, 11) is 0. The highest BCUT2D eigenvalue weighted by Crippen LogP contribution is 2.62. The van der Waals surface area contributed by atoms with Gasteiger partial charge in [0.05, 0.1) is 16.2 Å². The largest absolute Gasteiger partial charge is 0.481 e. The molecule has 0 bridgehead atoms. The predicted octanol–water partition coefficient (Wildman–Crippen LogP) is 26.4. The van der Waals surface area contributed by atoms with E-state index in [2.05, 4.69) is 404 Å². The van der Waals surface area contributed by atoms with E-state index in [1.165, 1.54) is 116 Å². The summed E-state index contributed by atoms with van der Waals surface area (Å²) in [5, 5.41) is 13.9. The molecular formula is C111H75NO3. The van der Waals surface area contributed by atoms with Crippen molar-refractivity contribution in [2.24, 2.45) is 0 Å². The Morgan fingerprint density at radius 1 is 0.209 bits per heavy atom. The molecule has 0 saturated heterocycles. The monoisotopic (exact) mass is 1470 g/mol. The van der Waals surface area contributed by atoms with Crippen LogP contribution in [0.1, 0.15) is 87.5 Å². The molecule has 542 valence electrons. The lowest BCUT2D eigenvalue weighted by molar-refractivity contribution is 0.370. The van der Waals surface area contributed by atoms with E-state index in [1.54, 1.807) is 0 Å². The van der Waals surface area contributed by atoms with E-state index >= 15 is 0 Å². The molecule has 3 aliphatic rings. The van der Waals surface area contributed by atoms with E-state index < -0.39 is 16.2 Å². The Morgan fingerprint density at radius 3 is 0.730 bits per heavy atom. The van der Waals surface area contributed by atoms with Gasteiger partial charge in [-0.3, -0.25) is 0 Å². The Labute approximate surface area is 670 Å². The van der Waals surface area contributed by atoms with Gasteiger partial charge in [0.1, 0.15) is 37.1 Å². The van der Waals surface area contributed by atoms with Crippen LogP contribution in [0, 0.1) is 35.5 Å². The second-order valence-electron chi connectivity index (χ2n) is 30.4. The van der Waals surface area contributed by atoms with Gasteiger partial charge < -0.3 is 19.1 Å². The van der Waals surface area contributed by atoms with Crippen molar-refractivity contribution in [3.8, 4) is 86.2 Å². The standard InChI is InChI=1S/C111H75NO3/c1-4-7-58-113-94-55-37-79-61-88(40-34-82(79)64-94)109(103-31-19-16-28-97(103)100-67-73-22-10-13-25-76(73)70-106(100)109)85-43-49-91(50-44-85)112(92-51-45-86(46-52-92)110(89-41-35-83-65-95(114-59-8-5-2)56-38-80(83)62-89)104-32-20-17-29-98(104)101-68-74-23-11-14-26-77(74)71-107(101)110)93-53-47-87(48-54-93)111(90-42-36-84-66-96(115-60-9-6-3)57-39-81(84)63-90)105-33-21-18-30-99(105)102-69-75-24-12-15-27-78(75)72-108(102)111/h10-57,61-72H,58-60H2,1-3H3. The molecule has 0 radical (unpaired) electrons. The molecule has 21 rings (SSSR count). The van der Waals surface area contributed by atoms with Gasteiger partial charge in [-0.2, -0.15) is 0 Å². The van der Waals surface area contributed by atoms with Crippen molar-refractivity contribution in [3.05, 3.63) is 431 Å². The molecule has 0 fully saturated rings.